The first-order valence-corrected chi connectivity index (χ1v) is 17.1. The van der Waals surface area contributed by atoms with E-state index in [-0.39, 0.29) is 5.41 Å². The molecule has 1 aliphatic carbocycles. The fourth-order valence-electron chi connectivity index (χ4n) is 6.63. The molecule has 4 heteroatoms. The van der Waals surface area contributed by atoms with Crippen LogP contribution in [0.5, 0.6) is 0 Å². The molecule has 7 rings (SSSR count). The Balaban J connectivity index is 1.21. The van der Waals surface area contributed by atoms with Gasteiger partial charge in [-0.25, -0.2) is 0 Å². The molecule has 49 heavy (non-hydrogen) atoms. The van der Waals surface area contributed by atoms with E-state index in [4.69, 9.17) is 4.65 Å². The van der Waals surface area contributed by atoms with E-state index in [1.54, 1.807) is 21.3 Å². The van der Waals surface area contributed by atoms with Crippen LogP contribution in [-0.4, -0.2) is 23.8 Å². The predicted molar refractivity (Wildman–Crippen MR) is 206 cm³/mol. The lowest BCUT2D eigenvalue weighted by molar-refractivity contribution is -0.0893. The molecule has 0 amide bonds. The molecule has 6 aromatic rings. The van der Waals surface area contributed by atoms with Gasteiger partial charge in [0.1, 0.15) is 0 Å². The van der Waals surface area contributed by atoms with E-state index in [0.29, 0.717) is 0 Å². The highest BCUT2D eigenvalue weighted by Gasteiger charge is 2.36. The second-order valence-corrected chi connectivity index (χ2v) is 14.6. The highest BCUT2D eigenvalue weighted by atomic mass is 16.5. The largest absolute Gasteiger partial charge is 0.427 e. The van der Waals surface area contributed by atoms with Gasteiger partial charge >= 0.3 is 7.48 Å². The maximum absolute atomic E-state index is 10.4. The molecule has 0 aliphatic heterocycles. The monoisotopic (exact) mass is 640 g/mol. The van der Waals surface area contributed by atoms with Crippen molar-refractivity contribution in [3.05, 3.63) is 157 Å². The van der Waals surface area contributed by atoms with Gasteiger partial charge in [-0.15, -0.1) is 0 Å². The van der Waals surface area contributed by atoms with E-state index in [9.17, 15) is 5.11 Å². The molecule has 0 heterocycles. The number of hydrogen-bond donors (Lipinski definition) is 1. The van der Waals surface area contributed by atoms with E-state index in [0.717, 1.165) is 33.7 Å². The topological polar surface area (TPSA) is 32.7 Å². The normalized spacial score (nSPS) is 13.4. The molecule has 0 unspecified atom stereocenters. The van der Waals surface area contributed by atoms with Gasteiger partial charge in [0.25, 0.3) is 0 Å². The molecule has 6 aromatic carbocycles. The summed E-state index contributed by atoms with van der Waals surface area (Å²) >= 11 is 0. The van der Waals surface area contributed by atoms with E-state index in [1.165, 1.54) is 33.4 Å². The Morgan fingerprint density at radius 3 is 1.57 bits per heavy atom. The van der Waals surface area contributed by atoms with Crippen LogP contribution < -0.4 is 10.4 Å². The molecule has 1 aliphatic rings. The first-order chi connectivity index (χ1) is 23.4. The summed E-state index contributed by atoms with van der Waals surface area (Å²) in [4.78, 5) is 2.36. The van der Waals surface area contributed by atoms with Crippen molar-refractivity contribution in [3.8, 4) is 33.4 Å². The Hall–Kier alpha value is -4.90. The molecule has 0 aromatic heterocycles. The third kappa shape index (κ3) is 6.23. The molecule has 243 valence electrons. The summed E-state index contributed by atoms with van der Waals surface area (Å²) in [7, 11) is 1.72. The third-order valence-electron chi connectivity index (χ3n) is 10.4. The quantitative estimate of drug-likeness (QED) is 0.160. The number of anilines is 3. The van der Waals surface area contributed by atoms with Crippen molar-refractivity contribution in [1.82, 2.24) is 0 Å². The Morgan fingerprint density at radius 2 is 1.00 bits per heavy atom. The molecule has 1 radical (unpaired) electrons. The Kier molecular flexibility index (Phi) is 8.34. The maximum Gasteiger partial charge on any atom is 0.330 e. The Labute approximate surface area is 292 Å². The SMILES string of the molecule is CC1(C)c2ccccc2-c2ccc(N(c3ccc(-c4ccccc4)cc3)c3ccc(-c4ccc([B]OC(C)(C)C(C)(C)O)cc4)cc3)cc21. The van der Waals surface area contributed by atoms with Crippen molar-refractivity contribution in [2.24, 2.45) is 0 Å². The van der Waals surface area contributed by atoms with Crippen molar-refractivity contribution in [1.29, 1.82) is 0 Å². The van der Waals surface area contributed by atoms with E-state index >= 15 is 0 Å². The van der Waals surface area contributed by atoms with Gasteiger partial charge in [-0.1, -0.05) is 129 Å². The van der Waals surface area contributed by atoms with Gasteiger partial charge in [-0.05, 0) is 109 Å². The molecular weight excluding hydrogens is 597 g/mol. The molecule has 0 bridgehead atoms. The van der Waals surface area contributed by atoms with Crippen LogP contribution in [0.2, 0.25) is 0 Å². The summed E-state index contributed by atoms with van der Waals surface area (Å²) in [6.45, 7) is 12.0. The molecule has 1 N–H and O–H groups in total. The van der Waals surface area contributed by atoms with Crippen LogP contribution in [-0.2, 0) is 10.1 Å². The van der Waals surface area contributed by atoms with Crippen LogP contribution in [0.1, 0.15) is 52.7 Å². The molecular formula is C45H43BNO2. The third-order valence-corrected chi connectivity index (χ3v) is 10.4. The second kappa shape index (κ2) is 12.5. The summed E-state index contributed by atoms with van der Waals surface area (Å²) in [5.74, 6) is 0. The smallest absolute Gasteiger partial charge is 0.330 e. The fourth-order valence-corrected chi connectivity index (χ4v) is 6.63. The molecule has 0 atom stereocenters. The van der Waals surface area contributed by atoms with Crippen LogP contribution in [0.3, 0.4) is 0 Å². The van der Waals surface area contributed by atoms with Crippen LogP contribution in [0, 0.1) is 0 Å². The lowest BCUT2D eigenvalue weighted by Crippen LogP contribution is -2.49. The lowest BCUT2D eigenvalue weighted by Gasteiger charge is -2.37. The van der Waals surface area contributed by atoms with Gasteiger partial charge in [0.2, 0.25) is 0 Å². The van der Waals surface area contributed by atoms with Gasteiger partial charge in [-0.3, -0.25) is 0 Å². The maximum atomic E-state index is 10.4. The summed E-state index contributed by atoms with van der Waals surface area (Å²) in [6.07, 6.45) is 0. The van der Waals surface area contributed by atoms with E-state index in [1.807, 2.05) is 13.8 Å². The molecule has 0 saturated heterocycles. The van der Waals surface area contributed by atoms with E-state index in [2.05, 4.69) is 164 Å². The number of hydrogen-bond acceptors (Lipinski definition) is 3. The van der Waals surface area contributed by atoms with Crippen LogP contribution in [0.25, 0.3) is 33.4 Å². The molecule has 0 fully saturated rings. The van der Waals surface area contributed by atoms with Crippen molar-refractivity contribution in [2.75, 3.05) is 4.90 Å². The van der Waals surface area contributed by atoms with Crippen molar-refractivity contribution >= 4 is 30.0 Å². The first-order valence-electron chi connectivity index (χ1n) is 17.1. The standard InChI is InChI=1S/C45H43BNO2/c1-43(2)41-15-11-10-14-39(41)40-29-28-38(30-42(40)43)47(36-24-18-33(19-25-36)31-12-8-7-9-13-31)37-26-20-34(21-27-37)32-16-22-35(23-17-32)46-49-45(5,6)44(3,4)48/h7-30,48H,1-6H3. The minimum atomic E-state index is -0.968. The van der Waals surface area contributed by atoms with Crippen LogP contribution >= 0.6 is 0 Å². The van der Waals surface area contributed by atoms with Gasteiger partial charge in [-0.2, -0.15) is 0 Å². The Bertz CT molecular complexity index is 2080. The minimum absolute atomic E-state index is 0.0900. The molecule has 3 nitrogen and oxygen atoms in total. The summed E-state index contributed by atoms with van der Waals surface area (Å²) in [5, 5.41) is 10.4. The number of rotatable bonds is 9. The zero-order valence-corrected chi connectivity index (χ0v) is 29.2. The number of benzene rings is 6. The number of nitrogens with zero attached hydrogens (tertiary/aromatic N) is 1. The summed E-state index contributed by atoms with van der Waals surface area (Å²) in [6, 6.07) is 52.3. The first kappa shape index (κ1) is 32.6. The fraction of sp³-hybridized carbons (Fsp3) is 0.200. The van der Waals surface area contributed by atoms with E-state index < -0.39 is 11.2 Å². The lowest BCUT2D eigenvalue weighted by atomic mass is 9.82. The van der Waals surface area contributed by atoms with Gasteiger partial charge in [0.05, 0.1) is 11.2 Å². The van der Waals surface area contributed by atoms with Gasteiger partial charge < -0.3 is 14.7 Å². The summed E-state index contributed by atoms with van der Waals surface area (Å²) < 4.78 is 5.96. The highest BCUT2D eigenvalue weighted by Crippen LogP contribution is 2.50. The molecule has 0 spiro atoms. The highest BCUT2D eigenvalue weighted by molar-refractivity contribution is 6.47. The van der Waals surface area contributed by atoms with Crippen molar-refractivity contribution in [3.63, 3.8) is 0 Å². The van der Waals surface area contributed by atoms with Crippen LogP contribution in [0.4, 0.5) is 17.1 Å². The Morgan fingerprint density at radius 1 is 0.531 bits per heavy atom. The zero-order chi connectivity index (χ0) is 34.4. The van der Waals surface area contributed by atoms with Crippen molar-refractivity contribution in [2.45, 2.75) is 58.2 Å². The number of fused-ring (bicyclic) bond motifs is 3. The molecule has 0 saturated carbocycles. The number of aliphatic hydroxyl groups is 1. The second-order valence-electron chi connectivity index (χ2n) is 14.6. The van der Waals surface area contributed by atoms with Crippen molar-refractivity contribution < 1.29 is 9.76 Å². The van der Waals surface area contributed by atoms with Gasteiger partial charge in [0, 0.05) is 22.5 Å². The van der Waals surface area contributed by atoms with Crippen LogP contribution in [0.15, 0.2) is 146 Å². The zero-order valence-electron chi connectivity index (χ0n) is 29.2. The van der Waals surface area contributed by atoms with Gasteiger partial charge in [0.15, 0.2) is 0 Å². The summed E-state index contributed by atoms with van der Waals surface area (Å²) in [5.41, 5.74) is 12.5. The average molecular weight is 641 g/mol. The minimum Gasteiger partial charge on any atom is -0.427 e. The average Bonchev–Trinajstić information content (AvgIpc) is 3.34. The predicted octanol–water partition coefficient (Wildman–Crippen LogP) is 10.6.